The van der Waals surface area contributed by atoms with Crippen LogP contribution < -0.4 is 5.73 Å². The van der Waals surface area contributed by atoms with Gasteiger partial charge in [0.1, 0.15) is 0 Å². The first-order valence-corrected chi connectivity index (χ1v) is 9.43. The fraction of sp³-hybridized carbons (Fsp3) is 0.625. The minimum absolute atomic E-state index is 0.108. The molecule has 0 amide bonds. The first kappa shape index (κ1) is 15.0. The molecule has 0 atom stereocenters. The van der Waals surface area contributed by atoms with Crippen molar-refractivity contribution < 1.29 is 8.42 Å². The summed E-state index contributed by atoms with van der Waals surface area (Å²) in [6, 6.07) is 7.59. The molecule has 0 saturated heterocycles. The highest BCUT2D eigenvalue weighted by molar-refractivity contribution is 7.88. The lowest BCUT2D eigenvalue weighted by Gasteiger charge is -2.22. The molecule has 21 heavy (non-hydrogen) atoms. The summed E-state index contributed by atoms with van der Waals surface area (Å²) in [7, 11) is -3.20. The number of hydrogen-bond acceptors (Lipinski definition) is 3. The number of nitrogens with two attached hydrogens (primary N) is 1. The normalized spacial score (nSPS) is 19.1. The molecule has 2 saturated carbocycles. The summed E-state index contributed by atoms with van der Waals surface area (Å²) >= 11 is 0. The van der Waals surface area contributed by atoms with Gasteiger partial charge in [-0.2, -0.15) is 0 Å². The van der Waals surface area contributed by atoms with E-state index in [4.69, 9.17) is 5.73 Å². The van der Waals surface area contributed by atoms with Gasteiger partial charge in [0, 0.05) is 19.6 Å². The fourth-order valence-corrected chi connectivity index (χ4v) is 4.22. The molecule has 0 aromatic heterocycles. The van der Waals surface area contributed by atoms with E-state index in [-0.39, 0.29) is 5.75 Å². The van der Waals surface area contributed by atoms with E-state index in [0.29, 0.717) is 18.4 Å². The van der Waals surface area contributed by atoms with Crippen molar-refractivity contribution in [1.82, 2.24) is 4.31 Å². The van der Waals surface area contributed by atoms with E-state index < -0.39 is 10.0 Å². The van der Waals surface area contributed by atoms with Crippen LogP contribution in [0.2, 0.25) is 0 Å². The second-order valence-corrected chi connectivity index (χ2v) is 8.45. The zero-order chi connectivity index (χ0) is 14.9. The number of sulfonamides is 1. The minimum Gasteiger partial charge on any atom is -0.326 e. The monoisotopic (exact) mass is 308 g/mol. The Balaban J connectivity index is 1.69. The Morgan fingerprint density at radius 1 is 0.952 bits per heavy atom. The van der Waals surface area contributed by atoms with E-state index >= 15 is 0 Å². The van der Waals surface area contributed by atoms with Crippen molar-refractivity contribution in [3.63, 3.8) is 0 Å². The van der Waals surface area contributed by atoms with Gasteiger partial charge in [-0.3, -0.25) is 0 Å². The second-order valence-electron chi connectivity index (χ2n) is 6.48. The van der Waals surface area contributed by atoms with Crippen molar-refractivity contribution in [2.24, 2.45) is 17.6 Å². The van der Waals surface area contributed by atoms with Crippen LogP contribution in [-0.4, -0.2) is 25.8 Å². The van der Waals surface area contributed by atoms with Gasteiger partial charge >= 0.3 is 0 Å². The van der Waals surface area contributed by atoms with Gasteiger partial charge in [0.2, 0.25) is 10.0 Å². The Kier molecular flexibility index (Phi) is 4.33. The summed E-state index contributed by atoms with van der Waals surface area (Å²) in [5.74, 6) is 1.30. The van der Waals surface area contributed by atoms with Gasteiger partial charge in [-0.05, 0) is 48.6 Å². The largest absolute Gasteiger partial charge is 0.326 e. The third-order valence-electron chi connectivity index (χ3n) is 4.32. The second kappa shape index (κ2) is 6.07. The molecule has 0 unspecified atom stereocenters. The molecule has 116 valence electrons. The topological polar surface area (TPSA) is 63.4 Å². The Hall–Kier alpha value is -0.910. The molecule has 0 bridgehead atoms. The Bertz CT molecular complexity index is 561. The van der Waals surface area contributed by atoms with Gasteiger partial charge in [-0.15, -0.1) is 0 Å². The van der Waals surface area contributed by atoms with E-state index in [9.17, 15) is 8.42 Å². The lowest BCUT2D eigenvalue weighted by Crippen LogP contribution is -2.35. The van der Waals surface area contributed by atoms with Crippen molar-refractivity contribution in [3.05, 3.63) is 35.4 Å². The van der Waals surface area contributed by atoms with E-state index in [1.54, 1.807) is 4.31 Å². The lowest BCUT2D eigenvalue weighted by atomic mass is 10.1. The van der Waals surface area contributed by atoms with Crippen LogP contribution in [0, 0.1) is 11.8 Å². The van der Waals surface area contributed by atoms with Crippen LogP contribution in [0.1, 0.15) is 36.8 Å². The van der Waals surface area contributed by atoms with Crippen molar-refractivity contribution in [3.8, 4) is 0 Å². The molecule has 0 heterocycles. The molecular weight excluding hydrogens is 284 g/mol. The summed E-state index contributed by atoms with van der Waals surface area (Å²) in [5, 5.41) is 0. The third kappa shape index (κ3) is 4.28. The van der Waals surface area contributed by atoms with E-state index in [2.05, 4.69) is 0 Å². The first-order chi connectivity index (χ1) is 10.1. The molecule has 2 aliphatic carbocycles. The number of nitrogens with zero attached hydrogens (tertiary/aromatic N) is 1. The summed E-state index contributed by atoms with van der Waals surface area (Å²) in [6.07, 6.45) is 4.73. The van der Waals surface area contributed by atoms with Crippen LogP contribution in [0.5, 0.6) is 0 Å². The van der Waals surface area contributed by atoms with E-state index in [1.807, 2.05) is 24.3 Å². The van der Waals surface area contributed by atoms with Gasteiger partial charge in [-0.25, -0.2) is 12.7 Å². The molecule has 4 nitrogen and oxygen atoms in total. The number of hydrogen-bond donors (Lipinski definition) is 1. The van der Waals surface area contributed by atoms with E-state index in [1.165, 1.54) is 25.7 Å². The molecule has 2 aliphatic rings. The molecule has 0 radical (unpaired) electrons. The third-order valence-corrected chi connectivity index (χ3v) is 6.10. The van der Waals surface area contributed by atoms with Crippen LogP contribution in [0.25, 0.3) is 0 Å². The highest BCUT2D eigenvalue weighted by atomic mass is 32.2. The van der Waals surface area contributed by atoms with Crippen molar-refractivity contribution in [2.75, 3.05) is 13.1 Å². The molecule has 2 fully saturated rings. The quantitative estimate of drug-likeness (QED) is 0.800. The maximum atomic E-state index is 12.7. The lowest BCUT2D eigenvalue weighted by molar-refractivity contribution is 0.381. The van der Waals surface area contributed by atoms with Gasteiger partial charge in [-0.1, -0.05) is 24.3 Å². The van der Waals surface area contributed by atoms with Crippen LogP contribution in [0.4, 0.5) is 0 Å². The minimum atomic E-state index is -3.20. The van der Waals surface area contributed by atoms with Crippen LogP contribution in [-0.2, 0) is 22.3 Å². The zero-order valence-electron chi connectivity index (χ0n) is 12.4. The maximum Gasteiger partial charge on any atom is 0.218 e. The fourth-order valence-electron chi connectivity index (χ4n) is 2.55. The molecule has 0 aliphatic heterocycles. The van der Waals surface area contributed by atoms with Gasteiger partial charge in [0.25, 0.3) is 0 Å². The van der Waals surface area contributed by atoms with Crippen LogP contribution in [0.15, 0.2) is 24.3 Å². The van der Waals surface area contributed by atoms with Crippen molar-refractivity contribution in [2.45, 2.75) is 38.0 Å². The predicted octanol–water partition coefficient (Wildman–Crippen LogP) is 2.10. The van der Waals surface area contributed by atoms with Gasteiger partial charge in [0.15, 0.2) is 0 Å². The molecule has 0 spiro atoms. The van der Waals surface area contributed by atoms with Crippen LogP contribution in [0.3, 0.4) is 0 Å². The summed E-state index contributed by atoms with van der Waals surface area (Å²) in [5.41, 5.74) is 7.45. The first-order valence-electron chi connectivity index (χ1n) is 7.82. The van der Waals surface area contributed by atoms with Crippen molar-refractivity contribution in [1.29, 1.82) is 0 Å². The highest BCUT2D eigenvalue weighted by Gasteiger charge is 2.34. The molecule has 1 aromatic carbocycles. The molecule has 2 N–H and O–H groups in total. The SMILES string of the molecule is NCc1ccc(CS(=O)(=O)N(CC2CC2)CC2CC2)cc1. The standard InChI is InChI=1S/C16H24N2O2S/c17-9-13-1-7-16(8-2-13)12-21(19,20)18(10-14-3-4-14)11-15-5-6-15/h1-2,7-8,14-15H,3-6,9-12,17H2. The zero-order valence-corrected chi connectivity index (χ0v) is 13.2. The average molecular weight is 308 g/mol. The van der Waals surface area contributed by atoms with Gasteiger partial charge in [0.05, 0.1) is 5.75 Å². The smallest absolute Gasteiger partial charge is 0.218 e. The van der Waals surface area contributed by atoms with Gasteiger partial charge < -0.3 is 5.73 Å². The predicted molar refractivity (Wildman–Crippen MR) is 84.0 cm³/mol. The molecular formula is C16H24N2O2S. The highest BCUT2D eigenvalue weighted by Crippen LogP contribution is 2.35. The van der Waals surface area contributed by atoms with Crippen molar-refractivity contribution >= 4 is 10.0 Å². The summed E-state index contributed by atoms with van der Waals surface area (Å²) in [4.78, 5) is 0. The molecule has 5 heteroatoms. The summed E-state index contributed by atoms with van der Waals surface area (Å²) < 4.78 is 27.1. The van der Waals surface area contributed by atoms with E-state index in [0.717, 1.165) is 24.2 Å². The number of benzene rings is 1. The Labute approximate surface area is 127 Å². The number of rotatable bonds is 8. The summed E-state index contributed by atoms with van der Waals surface area (Å²) in [6.45, 7) is 1.93. The Morgan fingerprint density at radius 2 is 1.43 bits per heavy atom. The average Bonchev–Trinajstić information content (AvgIpc) is 3.34. The maximum absolute atomic E-state index is 12.7. The Morgan fingerprint density at radius 3 is 1.86 bits per heavy atom. The molecule has 1 aromatic rings. The molecule has 3 rings (SSSR count). The van der Waals surface area contributed by atoms with Crippen LogP contribution >= 0.6 is 0 Å².